The van der Waals surface area contributed by atoms with Crippen molar-refractivity contribution in [2.75, 3.05) is 18.0 Å². The van der Waals surface area contributed by atoms with Crippen molar-refractivity contribution in [1.29, 1.82) is 0 Å². The zero-order valence-electron chi connectivity index (χ0n) is 11.4. The molecule has 1 aliphatic heterocycles. The van der Waals surface area contributed by atoms with E-state index in [0.717, 1.165) is 22.6 Å². The van der Waals surface area contributed by atoms with E-state index in [1.54, 1.807) is 11.8 Å². The molecule has 0 radical (unpaired) electrons. The highest BCUT2D eigenvalue weighted by molar-refractivity contribution is 6.00. The smallest absolute Gasteiger partial charge is 0.267 e. The third-order valence-corrected chi connectivity index (χ3v) is 3.35. The molecule has 1 atom stereocenters. The fourth-order valence-electron chi connectivity index (χ4n) is 2.12. The van der Waals surface area contributed by atoms with Crippen LogP contribution in [0.5, 0.6) is 5.75 Å². The van der Waals surface area contributed by atoms with Gasteiger partial charge >= 0.3 is 0 Å². The summed E-state index contributed by atoms with van der Waals surface area (Å²) in [5.41, 5.74) is 3.02. The molecule has 2 rings (SSSR count). The second kappa shape index (κ2) is 5.30. The molecule has 0 saturated carbocycles. The minimum absolute atomic E-state index is 0.0801. The van der Waals surface area contributed by atoms with E-state index in [2.05, 4.69) is 5.32 Å². The van der Waals surface area contributed by atoms with E-state index in [-0.39, 0.29) is 5.91 Å². The second-order valence-corrected chi connectivity index (χ2v) is 4.73. The first-order valence-electron chi connectivity index (χ1n) is 6.31. The molecule has 0 aliphatic carbocycles. The van der Waals surface area contributed by atoms with E-state index in [4.69, 9.17) is 4.74 Å². The van der Waals surface area contributed by atoms with Crippen molar-refractivity contribution in [2.24, 2.45) is 0 Å². The van der Waals surface area contributed by atoms with E-state index in [0.29, 0.717) is 19.5 Å². The van der Waals surface area contributed by atoms with Gasteiger partial charge < -0.3 is 15.0 Å². The Hall–Kier alpha value is -2.04. The van der Waals surface area contributed by atoms with Crippen LogP contribution in [0.25, 0.3) is 0 Å². The van der Waals surface area contributed by atoms with Crippen molar-refractivity contribution in [3.8, 4) is 5.75 Å². The maximum absolute atomic E-state index is 12.2. The number of carbonyl (C=O) groups is 2. The number of aryl methyl sites for hydroxylation is 2. The molecule has 1 aliphatic rings. The zero-order valence-corrected chi connectivity index (χ0v) is 11.4. The van der Waals surface area contributed by atoms with Crippen LogP contribution in [-0.2, 0) is 9.59 Å². The number of fused-ring (bicyclic) bond motifs is 1. The van der Waals surface area contributed by atoms with Gasteiger partial charge in [-0.05, 0) is 44.0 Å². The summed E-state index contributed by atoms with van der Waals surface area (Å²) in [6.07, 6.45) is 0.140. The molecular formula is C14H18N2O3. The Kier molecular flexibility index (Phi) is 3.74. The van der Waals surface area contributed by atoms with Gasteiger partial charge in [0.1, 0.15) is 5.75 Å². The summed E-state index contributed by atoms with van der Waals surface area (Å²) in [5.74, 6) is 0.643. The summed E-state index contributed by atoms with van der Waals surface area (Å²) in [5, 5.41) is 2.57. The van der Waals surface area contributed by atoms with E-state index in [1.807, 2.05) is 26.0 Å². The van der Waals surface area contributed by atoms with Gasteiger partial charge in [-0.25, -0.2) is 0 Å². The molecular weight excluding hydrogens is 244 g/mol. The molecule has 1 N–H and O–H groups in total. The molecule has 1 aromatic rings. The van der Waals surface area contributed by atoms with Crippen LogP contribution >= 0.6 is 0 Å². The monoisotopic (exact) mass is 262 g/mol. The fourth-order valence-corrected chi connectivity index (χ4v) is 2.12. The Morgan fingerprint density at radius 3 is 2.74 bits per heavy atom. The standard InChI is InChI=1S/C14H18N2O3/c1-9-6-12-13(7-10(9)2)19-11(3)14(18)16(12)5-4-15-8-17/h6-8,11H,4-5H2,1-3H3,(H,15,17). The first kappa shape index (κ1) is 13.4. The third-order valence-electron chi connectivity index (χ3n) is 3.35. The maximum Gasteiger partial charge on any atom is 0.267 e. The van der Waals surface area contributed by atoms with Gasteiger partial charge in [-0.1, -0.05) is 0 Å². The highest BCUT2D eigenvalue weighted by Gasteiger charge is 2.31. The number of hydrogen-bond donors (Lipinski definition) is 1. The molecule has 1 aromatic carbocycles. The number of amides is 2. The molecule has 1 unspecified atom stereocenters. The Morgan fingerprint density at radius 2 is 2.05 bits per heavy atom. The second-order valence-electron chi connectivity index (χ2n) is 4.73. The Bertz CT molecular complexity index is 514. The first-order chi connectivity index (χ1) is 9.04. The summed E-state index contributed by atoms with van der Waals surface area (Å²) in [6.45, 7) is 6.62. The van der Waals surface area contributed by atoms with Gasteiger partial charge in [0, 0.05) is 13.1 Å². The third kappa shape index (κ3) is 2.54. The lowest BCUT2D eigenvalue weighted by Gasteiger charge is -2.33. The molecule has 1 heterocycles. The molecule has 0 aromatic heterocycles. The zero-order chi connectivity index (χ0) is 14.0. The first-order valence-corrected chi connectivity index (χ1v) is 6.31. The van der Waals surface area contributed by atoms with Gasteiger partial charge in [-0.2, -0.15) is 0 Å². The van der Waals surface area contributed by atoms with Gasteiger partial charge in [0.25, 0.3) is 5.91 Å². The minimum atomic E-state index is -0.495. The Labute approximate surface area is 112 Å². The van der Waals surface area contributed by atoms with Gasteiger partial charge in [0.2, 0.25) is 6.41 Å². The number of nitrogens with one attached hydrogen (secondary N) is 1. The molecule has 102 valence electrons. The average molecular weight is 262 g/mol. The van der Waals surface area contributed by atoms with E-state index < -0.39 is 6.10 Å². The number of anilines is 1. The van der Waals surface area contributed by atoms with Crippen molar-refractivity contribution in [3.05, 3.63) is 23.3 Å². The van der Waals surface area contributed by atoms with E-state index in [9.17, 15) is 9.59 Å². The quantitative estimate of drug-likeness (QED) is 0.654. The molecule has 0 fully saturated rings. The Morgan fingerprint density at radius 1 is 1.37 bits per heavy atom. The number of carbonyl (C=O) groups excluding carboxylic acids is 2. The number of ether oxygens (including phenoxy) is 1. The van der Waals surface area contributed by atoms with Gasteiger partial charge in [0.15, 0.2) is 6.10 Å². The summed E-state index contributed by atoms with van der Waals surface area (Å²) >= 11 is 0. The van der Waals surface area contributed by atoms with E-state index in [1.165, 1.54) is 0 Å². The lowest BCUT2D eigenvalue weighted by Crippen LogP contribution is -2.47. The predicted octanol–water partition coefficient (Wildman–Crippen LogP) is 1.16. The fraction of sp³-hybridized carbons (Fsp3) is 0.429. The molecule has 2 amide bonds. The van der Waals surface area contributed by atoms with Crippen molar-refractivity contribution in [2.45, 2.75) is 26.9 Å². The minimum Gasteiger partial charge on any atom is -0.479 e. The Balaban J connectivity index is 2.34. The molecule has 0 spiro atoms. The van der Waals surface area contributed by atoms with Crippen LogP contribution in [0.3, 0.4) is 0 Å². The number of benzene rings is 1. The SMILES string of the molecule is Cc1cc2c(cc1C)N(CCNC=O)C(=O)C(C)O2. The summed E-state index contributed by atoms with van der Waals surface area (Å²) in [4.78, 5) is 24.1. The lowest BCUT2D eigenvalue weighted by molar-refractivity contribution is -0.125. The largest absolute Gasteiger partial charge is 0.479 e. The van der Waals surface area contributed by atoms with Crippen LogP contribution < -0.4 is 15.0 Å². The molecule has 19 heavy (non-hydrogen) atoms. The van der Waals surface area contributed by atoms with Crippen molar-refractivity contribution in [3.63, 3.8) is 0 Å². The number of nitrogens with zero attached hydrogens (tertiary/aromatic N) is 1. The van der Waals surface area contributed by atoms with Crippen LogP contribution in [0.4, 0.5) is 5.69 Å². The predicted molar refractivity (Wildman–Crippen MR) is 72.4 cm³/mol. The number of rotatable bonds is 4. The molecule has 0 saturated heterocycles. The molecule has 5 heteroatoms. The van der Waals surface area contributed by atoms with Crippen LogP contribution in [0.1, 0.15) is 18.1 Å². The normalized spacial score (nSPS) is 17.7. The van der Waals surface area contributed by atoms with Crippen molar-refractivity contribution < 1.29 is 14.3 Å². The summed E-state index contributed by atoms with van der Waals surface area (Å²) < 4.78 is 5.64. The average Bonchev–Trinajstić information content (AvgIpc) is 2.37. The molecule has 5 nitrogen and oxygen atoms in total. The lowest BCUT2D eigenvalue weighted by atomic mass is 10.1. The van der Waals surface area contributed by atoms with E-state index >= 15 is 0 Å². The van der Waals surface area contributed by atoms with Gasteiger partial charge in [0.05, 0.1) is 5.69 Å². The highest BCUT2D eigenvalue weighted by Crippen LogP contribution is 2.36. The van der Waals surface area contributed by atoms with Crippen molar-refractivity contribution in [1.82, 2.24) is 5.32 Å². The summed E-state index contributed by atoms with van der Waals surface area (Å²) in [6, 6.07) is 3.91. The van der Waals surface area contributed by atoms with Crippen LogP contribution in [-0.4, -0.2) is 31.5 Å². The summed E-state index contributed by atoms with van der Waals surface area (Å²) in [7, 11) is 0. The van der Waals surface area contributed by atoms with Gasteiger partial charge in [-0.3, -0.25) is 9.59 Å². The van der Waals surface area contributed by atoms with Crippen LogP contribution in [0.2, 0.25) is 0 Å². The van der Waals surface area contributed by atoms with Crippen LogP contribution in [0, 0.1) is 13.8 Å². The maximum atomic E-state index is 12.2. The number of hydrogen-bond acceptors (Lipinski definition) is 3. The van der Waals surface area contributed by atoms with Crippen LogP contribution in [0.15, 0.2) is 12.1 Å². The van der Waals surface area contributed by atoms with Crippen molar-refractivity contribution >= 4 is 18.0 Å². The topological polar surface area (TPSA) is 58.6 Å². The van der Waals surface area contributed by atoms with Gasteiger partial charge in [-0.15, -0.1) is 0 Å². The highest BCUT2D eigenvalue weighted by atomic mass is 16.5. The molecule has 0 bridgehead atoms.